The SMILES string of the molecule is CCC(N)(CC)CNc1cccc(OC)n1. The maximum atomic E-state index is 6.19. The lowest BCUT2D eigenvalue weighted by Gasteiger charge is -2.27. The zero-order chi connectivity index (χ0) is 12.0. The van der Waals surface area contributed by atoms with Gasteiger partial charge in [0.25, 0.3) is 0 Å². The van der Waals surface area contributed by atoms with Crippen molar-refractivity contribution in [3.05, 3.63) is 18.2 Å². The van der Waals surface area contributed by atoms with Crippen molar-refractivity contribution >= 4 is 5.82 Å². The van der Waals surface area contributed by atoms with E-state index in [0.29, 0.717) is 5.88 Å². The van der Waals surface area contributed by atoms with Gasteiger partial charge in [-0.3, -0.25) is 0 Å². The second-order valence-corrected chi connectivity index (χ2v) is 3.99. The van der Waals surface area contributed by atoms with Crippen LogP contribution < -0.4 is 15.8 Å². The van der Waals surface area contributed by atoms with Gasteiger partial charge in [-0.2, -0.15) is 4.98 Å². The van der Waals surface area contributed by atoms with Crippen LogP contribution in [0.15, 0.2) is 18.2 Å². The zero-order valence-electron chi connectivity index (χ0n) is 10.3. The number of methoxy groups -OCH3 is 1. The molecule has 16 heavy (non-hydrogen) atoms. The van der Waals surface area contributed by atoms with Gasteiger partial charge in [-0.25, -0.2) is 0 Å². The van der Waals surface area contributed by atoms with Crippen LogP contribution in [0.25, 0.3) is 0 Å². The summed E-state index contributed by atoms with van der Waals surface area (Å²) in [5.41, 5.74) is 6.03. The number of nitrogens with zero attached hydrogens (tertiary/aromatic N) is 1. The summed E-state index contributed by atoms with van der Waals surface area (Å²) in [6.45, 7) is 4.93. The van der Waals surface area contributed by atoms with Crippen molar-refractivity contribution in [1.29, 1.82) is 0 Å². The van der Waals surface area contributed by atoms with E-state index in [1.54, 1.807) is 7.11 Å². The van der Waals surface area contributed by atoms with Crippen molar-refractivity contribution in [3.8, 4) is 5.88 Å². The van der Waals surface area contributed by atoms with E-state index in [-0.39, 0.29) is 5.54 Å². The smallest absolute Gasteiger partial charge is 0.214 e. The molecule has 4 nitrogen and oxygen atoms in total. The Balaban J connectivity index is 2.60. The van der Waals surface area contributed by atoms with E-state index in [1.165, 1.54) is 0 Å². The molecule has 0 spiro atoms. The average Bonchev–Trinajstić information content (AvgIpc) is 2.36. The van der Waals surface area contributed by atoms with Gasteiger partial charge in [0, 0.05) is 18.2 Å². The summed E-state index contributed by atoms with van der Waals surface area (Å²) in [6, 6.07) is 5.64. The van der Waals surface area contributed by atoms with Crippen molar-refractivity contribution in [2.75, 3.05) is 19.0 Å². The predicted molar refractivity (Wildman–Crippen MR) is 66.8 cm³/mol. The molecule has 90 valence electrons. The third-order valence-corrected chi connectivity index (χ3v) is 2.96. The molecule has 0 saturated carbocycles. The summed E-state index contributed by atoms with van der Waals surface area (Å²) in [5, 5.41) is 3.25. The molecule has 0 aliphatic rings. The highest BCUT2D eigenvalue weighted by atomic mass is 16.5. The van der Waals surface area contributed by atoms with Crippen LogP contribution in [0.5, 0.6) is 5.88 Å². The Morgan fingerprint density at radius 1 is 1.38 bits per heavy atom. The summed E-state index contributed by atoms with van der Waals surface area (Å²) in [6.07, 6.45) is 1.89. The van der Waals surface area contributed by atoms with Crippen LogP contribution >= 0.6 is 0 Å². The Kier molecular flexibility index (Phi) is 4.55. The molecule has 1 rings (SSSR count). The van der Waals surface area contributed by atoms with Crippen LogP contribution in [0, 0.1) is 0 Å². The van der Waals surface area contributed by atoms with Crippen LogP contribution in [-0.4, -0.2) is 24.2 Å². The van der Waals surface area contributed by atoms with Gasteiger partial charge in [0.15, 0.2) is 0 Å². The van der Waals surface area contributed by atoms with Crippen LogP contribution in [0.4, 0.5) is 5.82 Å². The third-order valence-electron chi connectivity index (χ3n) is 2.96. The van der Waals surface area contributed by atoms with Crippen LogP contribution in [0.1, 0.15) is 26.7 Å². The first-order chi connectivity index (χ1) is 7.63. The number of pyridine rings is 1. The molecule has 4 heteroatoms. The summed E-state index contributed by atoms with van der Waals surface area (Å²) in [7, 11) is 1.61. The van der Waals surface area contributed by atoms with Crippen LogP contribution in [-0.2, 0) is 0 Å². The van der Waals surface area contributed by atoms with E-state index in [1.807, 2.05) is 18.2 Å². The first-order valence-electron chi connectivity index (χ1n) is 5.67. The van der Waals surface area contributed by atoms with Gasteiger partial charge in [0.2, 0.25) is 5.88 Å². The number of aromatic nitrogens is 1. The van der Waals surface area contributed by atoms with Gasteiger partial charge in [-0.1, -0.05) is 19.9 Å². The Morgan fingerprint density at radius 2 is 2.06 bits per heavy atom. The van der Waals surface area contributed by atoms with Crippen molar-refractivity contribution < 1.29 is 4.74 Å². The Hall–Kier alpha value is -1.29. The molecule has 1 aromatic rings. The van der Waals surface area contributed by atoms with Crippen molar-refractivity contribution in [2.45, 2.75) is 32.2 Å². The number of ether oxygens (including phenoxy) is 1. The summed E-state index contributed by atoms with van der Waals surface area (Å²) >= 11 is 0. The van der Waals surface area contributed by atoms with Gasteiger partial charge in [-0.05, 0) is 18.9 Å². The fraction of sp³-hybridized carbons (Fsp3) is 0.583. The maximum absolute atomic E-state index is 6.19. The van der Waals surface area contributed by atoms with E-state index in [9.17, 15) is 0 Å². The normalized spacial score (nSPS) is 11.2. The second-order valence-electron chi connectivity index (χ2n) is 3.99. The molecule has 0 radical (unpaired) electrons. The molecule has 0 aliphatic heterocycles. The molecule has 3 N–H and O–H groups in total. The van der Waals surface area contributed by atoms with Gasteiger partial charge in [-0.15, -0.1) is 0 Å². The van der Waals surface area contributed by atoms with Gasteiger partial charge in [0.05, 0.1) is 7.11 Å². The number of nitrogens with one attached hydrogen (secondary N) is 1. The van der Waals surface area contributed by atoms with Crippen molar-refractivity contribution in [3.63, 3.8) is 0 Å². The van der Waals surface area contributed by atoms with E-state index in [2.05, 4.69) is 24.1 Å². The summed E-state index contributed by atoms with van der Waals surface area (Å²) in [5.74, 6) is 1.41. The third kappa shape index (κ3) is 3.38. The number of hydrogen-bond acceptors (Lipinski definition) is 4. The molecule has 0 aromatic carbocycles. The molecule has 0 fully saturated rings. The molecule has 0 bridgehead atoms. The quantitative estimate of drug-likeness (QED) is 0.774. The van der Waals surface area contributed by atoms with E-state index >= 15 is 0 Å². The van der Waals surface area contributed by atoms with E-state index < -0.39 is 0 Å². The molecule has 1 aromatic heterocycles. The predicted octanol–water partition coefficient (Wildman–Crippen LogP) is 2.02. The minimum absolute atomic E-state index is 0.162. The highest BCUT2D eigenvalue weighted by Crippen LogP contribution is 2.14. The Labute approximate surface area is 97.2 Å². The zero-order valence-corrected chi connectivity index (χ0v) is 10.3. The van der Waals surface area contributed by atoms with Crippen molar-refractivity contribution in [2.24, 2.45) is 5.73 Å². The van der Waals surface area contributed by atoms with E-state index in [4.69, 9.17) is 10.5 Å². The van der Waals surface area contributed by atoms with Crippen LogP contribution in [0.3, 0.4) is 0 Å². The molecule has 0 aliphatic carbocycles. The lowest BCUT2D eigenvalue weighted by Crippen LogP contribution is -2.45. The average molecular weight is 223 g/mol. The first-order valence-corrected chi connectivity index (χ1v) is 5.67. The number of rotatable bonds is 6. The molecular formula is C12H21N3O. The lowest BCUT2D eigenvalue weighted by atomic mass is 9.94. The minimum atomic E-state index is -0.162. The number of hydrogen-bond donors (Lipinski definition) is 2. The number of anilines is 1. The summed E-state index contributed by atoms with van der Waals surface area (Å²) in [4.78, 5) is 4.27. The topological polar surface area (TPSA) is 60.2 Å². The van der Waals surface area contributed by atoms with Crippen LogP contribution in [0.2, 0.25) is 0 Å². The molecule has 0 atom stereocenters. The highest BCUT2D eigenvalue weighted by Gasteiger charge is 2.19. The number of nitrogens with two attached hydrogens (primary N) is 1. The summed E-state index contributed by atoms with van der Waals surface area (Å²) < 4.78 is 5.06. The standard InChI is InChI=1S/C12H21N3O/c1-4-12(13,5-2)9-14-10-7-6-8-11(15-10)16-3/h6-8H,4-5,9,13H2,1-3H3,(H,14,15). The lowest BCUT2D eigenvalue weighted by molar-refractivity contribution is 0.397. The molecule has 0 amide bonds. The molecule has 1 heterocycles. The molecule has 0 unspecified atom stereocenters. The maximum Gasteiger partial charge on any atom is 0.214 e. The fourth-order valence-electron chi connectivity index (χ4n) is 1.39. The first kappa shape index (κ1) is 12.8. The van der Waals surface area contributed by atoms with E-state index in [0.717, 1.165) is 25.2 Å². The largest absolute Gasteiger partial charge is 0.481 e. The monoisotopic (exact) mass is 223 g/mol. The minimum Gasteiger partial charge on any atom is -0.481 e. The van der Waals surface area contributed by atoms with Gasteiger partial charge in [0.1, 0.15) is 5.82 Å². The van der Waals surface area contributed by atoms with Gasteiger partial charge < -0.3 is 15.8 Å². The second kappa shape index (κ2) is 5.70. The van der Waals surface area contributed by atoms with Crippen molar-refractivity contribution in [1.82, 2.24) is 4.98 Å². The highest BCUT2D eigenvalue weighted by molar-refractivity contribution is 5.37. The molecular weight excluding hydrogens is 202 g/mol. The molecule has 0 saturated heterocycles. The Bertz CT molecular complexity index is 324. The van der Waals surface area contributed by atoms with Gasteiger partial charge >= 0.3 is 0 Å². The Morgan fingerprint density at radius 3 is 2.62 bits per heavy atom. The fourth-order valence-corrected chi connectivity index (χ4v) is 1.39.